The second-order valence-corrected chi connectivity index (χ2v) is 5.80. The van der Waals surface area contributed by atoms with Crippen LogP contribution in [0.4, 0.5) is 11.4 Å². The first kappa shape index (κ1) is 15.9. The molecule has 0 fully saturated rings. The SMILES string of the molecule is O=C(Nc1ccc(Br)cc1)c1cc2cc([N+](=O)[O-])ccc2oc1=O. The van der Waals surface area contributed by atoms with Crippen molar-refractivity contribution in [3.05, 3.63) is 79.1 Å². The van der Waals surface area contributed by atoms with Crippen LogP contribution in [0.3, 0.4) is 0 Å². The van der Waals surface area contributed by atoms with Crippen LogP contribution in [0.2, 0.25) is 0 Å². The number of hydrogen-bond acceptors (Lipinski definition) is 5. The predicted octanol–water partition coefficient (Wildman–Crippen LogP) is 3.72. The van der Waals surface area contributed by atoms with Gasteiger partial charge < -0.3 is 9.73 Å². The molecular formula is C16H9BrN2O5. The topological polar surface area (TPSA) is 102 Å². The lowest BCUT2D eigenvalue weighted by Crippen LogP contribution is -2.20. The maximum atomic E-state index is 12.3. The Bertz CT molecular complexity index is 1010. The molecule has 0 aliphatic heterocycles. The van der Waals surface area contributed by atoms with Gasteiger partial charge in [0.2, 0.25) is 0 Å². The zero-order chi connectivity index (χ0) is 17.3. The number of carbonyl (C=O) groups excluding carboxylic acids is 1. The molecule has 24 heavy (non-hydrogen) atoms. The molecule has 1 N–H and O–H groups in total. The van der Waals surface area contributed by atoms with Crippen LogP contribution in [0.5, 0.6) is 0 Å². The third-order valence-electron chi connectivity index (χ3n) is 3.27. The summed E-state index contributed by atoms with van der Waals surface area (Å²) in [6.45, 7) is 0. The van der Waals surface area contributed by atoms with Crippen molar-refractivity contribution in [1.82, 2.24) is 0 Å². The number of halogens is 1. The average molecular weight is 389 g/mol. The first-order valence-electron chi connectivity index (χ1n) is 6.73. The first-order chi connectivity index (χ1) is 11.4. The largest absolute Gasteiger partial charge is 0.422 e. The summed E-state index contributed by atoms with van der Waals surface area (Å²) in [5.74, 6) is -0.653. The van der Waals surface area contributed by atoms with Crippen molar-refractivity contribution in [3.8, 4) is 0 Å². The number of nitrogens with one attached hydrogen (secondary N) is 1. The van der Waals surface area contributed by atoms with E-state index in [9.17, 15) is 19.7 Å². The van der Waals surface area contributed by atoms with Crippen molar-refractivity contribution in [2.45, 2.75) is 0 Å². The zero-order valence-electron chi connectivity index (χ0n) is 12.0. The molecule has 2 aromatic carbocycles. The third-order valence-corrected chi connectivity index (χ3v) is 3.80. The molecule has 0 saturated heterocycles. The molecule has 3 rings (SSSR count). The van der Waals surface area contributed by atoms with E-state index in [0.717, 1.165) is 4.47 Å². The molecule has 0 bridgehead atoms. The summed E-state index contributed by atoms with van der Waals surface area (Å²) in [6, 6.07) is 11.9. The monoisotopic (exact) mass is 388 g/mol. The third kappa shape index (κ3) is 3.18. The van der Waals surface area contributed by atoms with E-state index in [1.165, 1.54) is 24.3 Å². The molecule has 0 atom stereocenters. The molecule has 1 amide bonds. The molecular weight excluding hydrogens is 380 g/mol. The van der Waals surface area contributed by atoms with E-state index in [2.05, 4.69) is 21.2 Å². The normalized spacial score (nSPS) is 10.5. The van der Waals surface area contributed by atoms with Gasteiger partial charge in [-0.25, -0.2) is 4.79 Å². The molecule has 3 aromatic rings. The van der Waals surface area contributed by atoms with Gasteiger partial charge in [-0.1, -0.05) is 15.9 Å². The number of carbonyl (C=O) groups is 1. The summed E-state index contributed by atoms with van der Waals surface area (Å²) in [4.78, 5) is 34.5. The van der Waals surface area contributed by atoms with Crippen molar-refractivity contribution in [2.24, 2.45) is 0 Å². The minimum absolute atomic E-state index is 0.157. The number of benzene rings is 2. The van der Waals surface area contributed by atoms with Crippen LogP contribution in [-0.2, 0) is 0 Å². The van der Waals surface area contributed by atoms with Crippen molar-refractivity contribution in [1.29, 1.82) is 0 Å². The van der Waals surface area contributed by atoms with Crippen molar-refractivity contribution < 1.29 is 14.1 Å². The number of hydrogen-bond donors (Lipinski definition) is 1. The maximum Gasteiger partial charge on any atom is 0.349 e. The van der Waals surface area contributed by atoms with Crippen molar-refractivity contribution in [2.75, 3.05) is 5.32 Å². The van der Waals surface area contributed by atoms with Crippen molar-refractivity contribution >= 4 is 44.2 Å². The van der Waals surface area contributed by atoms with Gasteiger partial charge in [-0.2, -0.15) is 0 Å². The molecule has 1 aromatic heterocycles. The van der Waals surface area contributed by atoms with E-state index in [4.69, 9.17) is 4.42 Å². The molecule has 0 radical (unpaired) electrons. The highest BCUT2D eigenvalue weighted by molar-refractivity contribution is 9.10. The summed E-state index contributed by atoms with van der Waals surface area (Å²) >= 11 is 3.28. The standard InChI is InChI=1S/C16H9BrN2O5/c17-10-1-3-11(4-2-10)18-15(20)13-8-9-7-12(19(22)23)5-6-14(9)24-16(13)21/h1-8H,(H,18,20). The molecule has 7 nitrogen and oxygen atoms in total. The zero-order valence-corrected chi connectivity index (χ0v) is 13.6. The lowest BCUT2D eigenvalue weighted by Gasteiger charge is -2.05. The fourth-order valence-corrected chi connectivity index (χ4v) is 2.38. The molecule has 0 unspecified atom stereocenters. The predicted molar refractivity (Wildman–Crippen MR) is 91.2 cm³/mol. The molecule has 8 heteroatoms. The van der Waals surface area contributed by atoms with E-state index < -0.39 is 16.5 Å². The Morgan fingerprint density at radius 1 is 1.12 bits per heavy atom. The highest BCUT2D eigenvalue weighted by atomic mass is 79.9. The average Bonchev–Trinajstić information content (AvgIpc) is 2.55. The molecule has 0 spiro atoms. The summed E-state index contributed by atoms with van der Waals surface area (Å²) < 4.78 is 5.90. The summed E-state index contributed by atoms with van der Waals surface area (Å²) in [6.07, 6.45) is 0. The van der Waals surface area contributed by atoms with E-state index in [0.29, 0.717) is 11.1 Å². The van der Waals surface area contributed by atoms with Crippen LogP contribution in [0, 0.1) is 10.1 Å². The lowest BCUT2D eigenvalue weighted by molar-refractivity contribution is -0.384. The van der Waals surface area contributed by atoms with E-state index in [1.54, 1.807) is 24.3 Å². The van der Waals surface area contributed by atoms with Crippen LogP contribution in [0.1, 0.15) is 10.4 Å². The Balaban J connectivity index is 1.99. The van der Waals surface area contributed by atoms with Crippen molar-refractivity contribution in [3.63, 3.8) is 0 Å². The Morgan fingerprint density at radius 2 is 1.83 bits per heavy atom. The van der Waals surface area contributed by atoms with Gasteiger partial charge in [0, 0.05) is 27.7 Å². The Kier molecular flexibility index (Phi) is 4.13. The Labute approximate surface area is 143 Å². The highest BCUT2D eigenvalue weighted by Gasteiger charge is 2.16. The second kappa shape index (κ2) is 6.25. The molecule has 1 heterocycles. The lowest BCUT2D eigenvalue weighted by atomic mass is 10.1. The minimum Gasteiger partial charge on any atom is -0.422 e. The fourth-order valence-electron chi connectivity index (χ4n) is 2.11. The summed E-state index contributed by atoms with van der Waals surface area (Å²) in [5, 5.41) is 13.7. The quantitative estimate of drug-likeness (QED) is 0.418. The number of nitro benzene ring substituents is 1. The van der Waals surface area contributed by atoms with Crippen LogP contribution in [0.25, 0.3) is 11.0 Å². The number of anilines is 1. The number of amides is 1. The molecule has 0 saturated carbocycles. The van der Waals surface area contributed by atoms with Crippen LogP contribution < -0.4 is 10.9 Å². The Hall–Kier alpha value is -3.00. The molecule has 0 aliphatic carbocycles. The van der Waals surface area contributed by atoms with Crippen LogP contribution in [0.15, 0.2) is 62.2 Å². The van der Waals surface area contributed by atoms with E-state index in [-0.39, 0.29) is 16.8 Å². The summed E-state index contributed by atoms with van der Waals surface area (Å²) in [7, 11) is 0. The second-order valence-electron chi connectivity index (χ2n) is 4.89. The minimum atomic E-state index is -0.814. The van der Waals surface area contributed by atoms with Gasteiger partial charge in [0.05, 0.1) is 4.92 Å². The molecule has 120 valence electrons. The maximum absolute atomic E-state index is 12.3. The fraction of sp³-hybridized carbons (Fsp3) is 0. The van der Waals surface area contributed by atoms with Gasteiger partial charge in [0.15, 0.2) is 0 Å². The summed E-state index contributed by atoms with van der Waals surface area (Å²) in [5.41, 5.74) is -0.528. The first-order valence-corrected chi connectivity index (χ1v) is 7.52. The molecule has 0 aliphatic rings. The number of rotatable bonds is 3. The van der Waals surface area contributed by atoms with Crippen LogP contribution >= 0.6 is 15.9 Å². The number of nitro groups is 1. The van der Waals surface area contributed by atoms with E-state index in [1.807, 2.05) is 0 Å². The Morgan fingerprint density at radius 3 is 2.50 bits per heavy atom. The number of non-ortho nitro benzene ring substituents is 1. The smallest absolute Gasteiger partial charge is 0.349 e. The van der Waals surface area contributed by atoms with Gasteiger partial charge in [-0.15, -0.1) is 0 Å². The van der Waals surface area contributed by atoms with Gasteiger partial charge in [0.1, 0.15) is 11.1 Å². The number of fused-ring (bicyclic) bond motifs is 1. The van der Waals surface area contributed by atoms with Gasteiger partial charge in [-0.05, 0) is 36.4 Å². The number of nitrogens with zero attached hydrogens (tertiary/aromatic N) is 1. The van der Waals surface area contributed by atoms with Gasteiger partial charge in [-0.3, -0.25) is 14.9 Å². The van der Waals surface area contributed by atoms with E-state index >= 15 is 0 Å². The van der Waals surface area contributed by atoms with Gasteiger partial charge >= 0.3 is 5.63 Å². The van der Waals surface area contributed by atoms with Gasteiger partial charge in [0.25, 0.3) is 11.6 Å². The highest BCUT2D eigenvalue weighted by Crippen LogP contribution is 2.21. The van der Waals surface area contributed by atoms with Crippen LogP contribution in [-0.4, -0.2) is 10.8 Å².